The molecule has 0 saturated carbocycles. The van der Waals surface area contributed by atoms with Crippen molar-refractivity contribution in [2.45, 2.75) is 6.92 Å². The van der Waals surface area contributed by atoms with E-state index in [0.29, 0.717) is 18.7 Å². The van der Waals surface area contributed by atoms with Gasteiger partial charge in [-0.3, -0.25) is 9.59 Å². The van der Waals surface area contributed by atoms with Crippen LogP contribution in [0, 0.1) is 17.7 Å². The Morgan fingerprint density at radius 1 is 1.45 bits per heavy atom. The highest BCUT2D eigenvalue weighted by Crippen LogP contribution is 2.24. The van der Waals surface area contributed by atoms with E-state index in [1.807, 2.05) is 0 Å². The van der Waals surface area contributed by atoms with Crippen molar-refractivity contribution in [3.05, 3.63) is 41.7 Å². The Kier molecular flexibility index (Phi) is 4.17. The number of carboxylic acids is 1. The molecule has 5 heteroatoms. The van der Waals surface area contributed by atoms with Crippen LogP contribution in [-0.2, 0) is 9.59 Å². The first-order valence-electron chi connectivity index (χ1n) is 6.42. The van der Waals surface area contributed by atoms with Crippen LogP contribution in [0.1, 0.15) is 12.5 Å². The van der Waals surface area contributed by atoms with Crippen LogP contribution in [0.25, 0.3) is 6.08 Å². The maximum Gasteiger partial charge on any atom is 0.306 e. The Morgan fingerprint density at radius 3 is 2.75 bits per heavy atom. The van der Waals surface area contributed by atoms with E-state index >= 15 is 0 Å². The van der Waals surface area contributed by atoms with Gasteiger partial charge in [0.05, 0.1) is 5.92 Å². The highest BCUT2D eigenvalue weighted by atomic mass is 19.1. The summed E-state index contributed by atoms with van der Waals surface area (Å²) < 4.78 is 13.0. The fourth-order valence-electron chi connectivity index (χ4n) is 2.09. The van der Waals surface area contributed by atoms with Crippen LogP contribution in [-0.4, -0.2) is 35.0 Å². The Hall–Kier alpha value is -2.17. The molecule has 1 aromatic rings. The van der Waals surface area contributed by atoms with E-state index in [4.69, 9.17) is 5.11 Å². The summed E-state index contributed by atoms with van der Waals surface area (Å²) in [5.41, 5.74) is 0.620. The van der Waals surface area contributed by atoms with E-state index in [2.05, 4.69) is 0 Å². The molecule has 1 aliphatic heterocycles. The van der Waals surface area contributed by atoms with Crippen molar-refractivity contribution in [2.24, 2.45) is 11.8 Å². The second kappa shape index (κ2) is 5.86. The fourth-order valence-corrected chi connectivity index (χ4v) is 2.09. The minimum Gasteiger partial charge on any atom is -0.481 e. The first kappa shape index (κ1) is 14.2. The summed E-state index contributed by atoms with van der Waals surface area (Å²) in [6.45, 7) is 2.57. The van der Waals surface area contributed by atoms with Crippen molar-refractivity contribution in [1.29, 1.82) is 0 Å². The Balaban J connectivity index is 1.87. The van der Waals surface area contributed by atoms with Crippen molar-refractivity contribution in [2.75, 3.05) is 13.1 Å². The van der Waals surface area contributed by atoms with Crippen LogP contribution < -0.4 is 0 Å². The SMILES string of the molecule is CC(C(=O)O)C1CN(C(=O)/C=C/c2cccc(F)c2)C1. The van der Waals surface area contributed by atoms with Gasteiger partial charge in [0.15, 0.2) is 0 Å². The molecule has 0 bridgehead atoms. The van der Waals surface area contributed by atoms with Gasteiger partial charge in [-0.25, -0.2) is 4.39 Å². The molecule has 2 rings (SSSR count). The Labute approximate surface area is 116 Å². The quantitative estimate of drug-likeness (QED) is 0.857. The van der Waals surface area contributed by atoms with Crippen LogP contribution in [0.2, 0.25) is 0 Å². The summed E-state index contributed by atoms with van der Waals surface area (Å²) in [7, 11) is 0. The summed E-state index contributed by atoms with van der Waals surface area (Å²) >= 11 is 0. The number of carboxylic acid groups (broad SMARTS) is 1. The van der Waals surface area contributed by atoms with Gasteiger partial charge in [-0.15, -0.1) is 0 Å². The molecule has 0 radical (unpaired) electrons. The fraction of sp³-hybridized carbons (Fsp3) is 0.333. The summed E-state index contributed by atoms with van der Waals surface area (Å²) in [6, 6.07) is 5.97. The lowest BCUT2D eigenvalue weighted by Crippen LogP contribution is -2.53. The zero-order valence-electron chi connectivity index (χ0n) is 11.1. The first-order valence-corrected chi connectivity index (χ1v) is 6.42. The lowest BCUT2D eigenvalue weighted by atomic mass is 9.87. The zero-order chi connectivity index (χ0) is 14.7. The second-order valence-corrected chi connectivity index (χ2v) is 5.02. The standard InChI is InChI=1S/C15H16FNO3/c1-10(15(19)20)12-8-17(9-12)14(18)6-5-11-3-2-4-13(16)7-11/h2-7,10,12H,8-9H2,1H3,(H,19,20)/b6-5+. The van der Waals surface area contributed by atoms with Gasteiger partial charge in [0.25, 0.3) is 0 Å². The number of hydrogen-bond donors (Lipinski definition) is 1. The lowest BCUT2D eigenvalue weighted by molar-refractivity contribution is -0.148. The van der Waals surface area contributed by atoms with Crippen molar-refractivity contribution in [3.63, 3.8) is 0 Å². The van der Waals surface area contributed by atoms with E-state index in [1.165, 1.54) is 18.2 Å². The van der Waals surface area contributed by atoms with Crippen LogP contribution in [0.3, 0.4) is 0 Å². The number of benzene rings is 1. The molecular formula is C15H16FNO3. The van der Waals surface area contributed by atoms with Gasteiger partial charge in [0.1, 0.15) is 5.82 Å². The number of nitrogens with zero attached hydrogens (tertiary/aromatic N) is 1. The molecule has 1 amide bonds. The molecule has 1 saturated heterocycles. The predicted octanol–water partition coefficient (Wildman–Crippen LogP) is 2.02. The van der Waals surface area contributed by atoms with Gasteiger partial charge in [-0.1, -0.05) is 19.1 Å². The molecule has 1 N–H and O–H groups in total. The van der Waals surface area contributed by atoms with E-state index in [1.54, 1.807) is 30.0 Å². The lowest BCUT2D eigenvalue weighted by Gasteiger charge is -2.40. The third kappa shape index (κ3) is 3.23. The molecule has 1 unspecified atom stereocenters. The maximum absolute atomic E-state index is 13.0. The molecule has 0 aliphatic carbocycles. The maximum atomic E-state index is 13.0. The van der Waals surface area contributed by atoms with Crippen molar-refractivity contribution in [3.8, 4) is 0 Å². The molecule has 1 aliphatic rings. The number of amides is 1. The third-order valence-electron chi connectivity index (χ3n) is 3.59. The summed E-state index contributed by atoms with van der Waals surface area (Å²) in [5.74, 6) is -1.79. The van der Waals surface area contributed by atoms with E-state index in [9.17, 15) is 14.0 Å². The smallest absolute Gasteiger partial charge is 0.306 e. The molecule has 20 heavy (non-hydrogen) atoms. The normalized spacial score (nSPS) is 17.0. The van der Waals surface area contributed by atoms with Gasteiger partial charge in [0, 0.05) is 25.1 Å². The first-order chi connectivity index (χ1) is 9.47. The summed E-state index contributed by atoms with van der Waals surface area (Å²) in [5, 5.41) is 8.87. The van der Waals surface area contributed by atoms with E-state index in [0.717, 1.165) is 0 Å². The minimum atomic E-state index is -0.836. The monoisotopic (exact) mass is 277 g/mol. The number of hydrogen-bond acceptors (Lipinski definition) is 2. The third-order valence-corrected chi connectivity index (χ3v) is 3.59. The van der Waals surface area contributed by atoms with E-state index < -0.39 is 11.9 Å². The molecule has 0 aromatic heterocycles. The second-order valence-electron chi connectivity index (χ2n) is 5.02. The van der Waals surface area contributed by atoms with Crippen molar-refractivity contribution in [1.82, 2.24) is 4.90 Å². The topological polar surface area (TPSA) is 57.6 Å². The number of carbonyl (C=O) groups is 2. The molecule has 1 fully saturated rings. The van der Waals surface area contributed by atoms with Crippen LogP contribution in [0.4, 0.5) is 4.39 Å². The summed E-state index contributed by atoms with van der Waals surface area (Å²) in [6.07, 6.45) is 2.94. The van der Waals surface area contributed by atoms with Crippen molar-refractivity contribution < 1.29 is 19.1 Å². The largest absolute Gasteiger partial charge is 0.481 e. The van der Waals surface area contributed by atoms with Crippen LogP contribution in [0.15, 0.2) is 30.3 Å². The van der Waals surface area contributed by atoms with Gasteiger partial charge in [-0.05, 0) is 23.8 Å². The van der Waals surface area contributed by atoms with Gasteiger partial charge < -0.3 is 10.0 Å². The highest BCUT2D eigenvalue weighted by molar-refractivity contribution is 5.92. The number of rotatable bonds is 4. The zero-order valence-corrected chi connectivity index (χ0v) is 11.1. The average molecular weight is 277 g/mol. The molecule has 4 nitrogen and oxygen atoms in total. The summed E-state index contributed by atoms with van der Waals surface area (Å²) in [4.78, 5) is 24.2. The van der Waals surface area contributed by atoms with Gasteiger partial charge in [-0.2, -0.15) is 0 Å². The van der Waals surface area contributed by atoms with Gasteiger partial charge >= 0.3 is 5.97 Å². The molecule has 0 spiro atoms. The van der Waals surface area contributed by atoms with Gasteiger partial charge in [0.2, 0.25) is 5.91 Å². The number of aliphatic carboxylic acids is 1. The Morgan fingerprint density at radius 2 is 2.15 bits per heavy atom. The molecule has 1 heterocycles. The minimum absolute atomic E-state index is 0.0130. The molecule has 106 valence electrons. The highest BCUT2D eigenvalue weighted by Gasteiger charge is 2.36. The van der Waals surface area contributed by atoms with Crippen molar-refractivity contribution >= 4 is 18.0 Å². The average Bonchev–Trinajstić information content (AvgIpc) is 2.34. The molecule has 1 atom stereocenters. The van der Waals surface area contributed by atoms with E-state index in [-0.39, 0.29) is 17.6 Å². The number of likely N-dealkylation sites (tertiary alicyclic amines) is 1. The molecular weight excluding hydrogens is 261 g/mol. The Bertz CT molecular complexity index is 550. The van der Waals surface area contributed by atoms with Crippen LogP contribution >= 0.6 is 0 Å². The predicted molar refractivity (Wildman–Crippen MR) is 72.3 cm³/mol. The van der Waals surface area contributed by atoms with Crippen LogP contribution in [0.5, 0.6) is 0 Å². The molecule has 1 aromatic carbocycles. The number of carbonyl (C=O) groups excluding carboxylic acids is 1. The number of halogens is 1.